The van der Waals surface area contributed by atoms with Crippen LogP contribution in [0.3, 0.4) is 0 Å². The van der Waals surface area contributed by atoms with E-state index in [0.717, 1.165) is 30.7 Å². The number of anilines is 5. The first-order valence-electron chi connectivity index (χ1n) is 22.6. The Balaban J connectivity index is 0.872. The minimum atomic E-state index is -6.58. The zero-order valence-corrected chi connectivity index (χ0v) is 44.1. The second-order valence-corrected chi connectivity index (χ2v) is 23.6. The van der Waals surface area contributed by atoms with Crippen LogP contribution in [0.1, 0.15) is 26.3 Å². The largest absolute Gasteiger partial charge is 0.756 e. The minimum Gasteiger partial charge on any atom is -0.756 e. The number of nitrogens with one attached hydrogen (secondary N) is 2. The van der Waals surface area contributed by atoms with Crippen molar-refractivity contribution < 1.29 is 104 Å². The Morgan fingerprint density at radius 3 is 1.91 bits per heavy atom. The summed E-state index contributed by atoms with van der Waals surface area (Å²) in [6, 6.07) is 0. The summed E-state index contributed by atoms with van der Waals surface area (Å²) < 4.78 is 112. The fraction of sp³-hybridized carbons (Fsp3) is 0.600. The van der Waals surface area contributed by atoms with Crippen molar-refractivity contribution in [3.63, 3.8) is 0 Å². The van der Waals surface area contributed by atoms with Crippen LogP contribution in [0, 0.1) is 0 Å². The molecule has 9 heterocycles. The van der Waals surface area contributed by atoms with Crippen LogP contribution >= 0.6 is 31.3 Å². The SMILES string of the molecule is CO[C@H]1C(OP(=O)([O-])OC[C@H]2O[C@@H](n3cnc4c(=O)[nH]c(N)nc43)[C@@H](O)C2OC(C)C)[C@@H](COP(=O)([O-])OP(=O)([O-])OP(=O)([O-])OC[C@H]2O[C@@H](N3CN(C)c4c3nc(N)[nH]c4=O)C(O)[C@H]2O)O[C@H]1n1cnc2c(N)ncnc21. The summed E-state index contributed by atoms with van der Waals surface area (Å²) in [4.78, 5) is 109. The van der Waals surface area contributed by atoms with Crippen molar-refractivity contribution in [3.05, 3.63) is 39.7 Å². The third-order valence-electron chi connectivity index (χ3n) is 12.1. The van der Waals surface area contributed by atoms with Crippen molar-refractivity contribution in [3.8, 4) is 0 Å². The van der Waals surface area contributed by atoms with Gasteiger partial charge in [0.15, 0.2) is 47.1 Å². The number of methoxy groups -OCH3 is 1. The number of hydrogen-bond acceptors (Lipinski definition) is 35. The van der Waals surface area contributed by atoms with E-state index in [0.29, 0.717) is 0 Å². The second kappa shape index (κ2) is 21.8. The van der Waals surface area contributed by atoms with Gasteiger partial charge in [0.1, 0.15) is 72.5 Å². The zero-order valence-electron chi connectivity index (χ0n) is 40.5. The molecule has 9 rings (SSSR count). The quantitative estimate of drug-likeness (QED) is 0.0318. The summed E-state index contributed by atoms with van der Waals surface area (Å²) in [6.07, 6.45) is -17.1. The average Bonchev–Trinajstić information content (AvgIpc) is 4.28. The van der Waals surface area contributed by atoms with E-state index in [9.17, 15) is 62.7 Å². The summed E-state index contributed by atoms with van der Waals surface area (Å²) in [5.41, 5.74) is 15.7. The van der Waals surface area contributed by atoms with E-state index in [2.05, 4.69) is 53.0 Å². The molecule has 39 nitrogen and oxygen atoms in total. The van der Waals surface area contributed by atoms with Crippen LogP contribution in [0.15, 0.2) is 28.6 Å². The van der Waals surface area contributed by atoms with Crippen molar-refractivity contribution in [2.45, 2.75) is 93.6 Å². The van der Waals surface area contributed by atoms with Crippen LogP contribution < -0.4 is 57.7 Å². The zero-order chi connectivity index (χ0) is 56.6. The molecule has 430 valence electrons. The molecule has 4 aliphatic rings. The summed E-state index contributed by atoms with van der Waals surface area (Å²) in [5, 5.41) is 32.9. The molecule has 0 saturated carbocycles. The number of nitrogens with two attached hydrogens (primary N) is 3. The highest BCUT2D eigenvalue weighted by molar-refractivity contribution is 7.65. The molecule has 3 fully saturated rings. The molecule has 43 heteroatoms. The molecule has 0 aromatic carbocycles. The van der Waals surface area contributed by atoms with Gasteiger partial charge in [-0.05, 0) is 13.8 Å². The smallest absolute Gasteiger partial charge is 0.280 e. The number of fused-ring (bicyclic) bond motifs is 3. The number of hydrogen-bond donors (Lipinski definition) is 8. The van der Waals surface area contributed by atoms with Gasteiger partial charge < -0.3 is 104 Å². The topological polar surface area (TPSA) is 560 Å². The fourth-order valence-electron chi connectivity index (χ4n) is 8.88. The summed E-state index contributed by atoms with van der Waals surface area (Å²) in [5.74, 6) is -0.781. The minimum absolute atomic E-state index is 0.0108. The first-order chi connectivity index (χ1) is 36.6. The lowest BCUT2D eigenvalue weighted by atomic mass is 10.1. The number of nitrogen functional groups attached to an aromatic ring is 3. The average molecular weight is 1190 g/mol. The molecule has 0 bridgehead atoms. The number of rotatable bonds is 21. The Kier molecular flexibility index (Phi) is 16.1. The molecule has 5 aromatic heterocycles. The summed E-state index contributed by atoms with van der Waals surface area (Å²) in [7, 11) is -22.2. The molecule has 78 heavy (non-hydrogen) atoms. The number of aliphatic hydroxyl groups excluding tert-OH is 3. The predicted molar refractivity (Wildman–Crippen MR) is 248 cm³/mol. The van der Waals surface area contributed by atoms with E-state index in [1.165, 1.54) is 21.4 Å². The Morgan fingerprint density at radius 2 is 1.26 bits per heavy atom. The third-order valence-corrected chi connectivity index (χ3v) is 17.2. The van der Waals surface area contributed by atoms with Gasteiger partial charge in [-0.1, -0.05) is 0 Å². The van der Waals surface area contributed by atoms with Crippen LogP contribution in [0.2, 0.25) is 0 Å². The van der Waals surface area contributed by atoms with Crippen molar-refractivity contribution in [2.24, 2.45) is 0 Å². The fourth-order valence-corrected chi connectivity index (χ4v) is 13.2. The van der Waals surface area contributed by atoms with E-state index in [1.807, 2.05) is 0 Å². The number of imidazole rings is 2. The highest BCUT2D eigenvalue weighted by Crippen LogP contribution is 2.63. The maximum atomic E-state index is 13.8. The Hall–Kier alpha value is -5.02. The molecule has 5 aromatic rings. The number of aliphatic hydroxyl groups is 3. The van der Waals surface area contributed by atoms with Gasteiger partial charge in [0.2, 0.25) is 11.9 Å². The molecule has 4 aliphatic heterocycles. The van der Waals surface area contributed by atoms with Crippen molar-refractivity contribution in [1.29, 1.82) is 0 Å². The molecule has 11 N–H and O–H groups in total. The van der Waals surface area contributed by atoms with Gasteiger partial charge in [-0.3, -0.25) is 47.0 Å². The maximum Gasteiger partial charge on any atom is 0.280 e. The molecule has 3 saturated heterocycles. The van der Waals surface area contributed by atoms with Crippen molar-refractivity contribution >= 4 is 82.8 Å². The normalized spacial score (nSPS) is 30.5. The van der Waals surface area contributed by atoms with Gasteiger partial charge in [0.25, 0.3) is 42.4 Å². The van der Waals surface area contributed by atoms with Crippen LogP contribution in [-0.2, 0) is 68.7 Å². The molecule has 0 radical (unpaired) electrons. The first-order valence-corrected chi connectivity index (χ1v) is 28.4. The van der Waals surface area contributed by atoms with E-state index >= 15 is 0 Å². The van der Waals surface area contributed by atoms with Crippen LogP contribution in [0.4, 0.5) is 29.2 Å². The van der Waals surface area contributed by atoms with Gasteiger partial charge in [-0.2, -0.15) is 9.97 Å². The van der Waals surface area contributed by atoms with Gasteiger partial charge in [-0.25, -0.2) is 28.6 Å². The van der Waals surface area contributed by atoms with Gasteiger partial charge in [0.05, 0.1) is 45.2 Å². The monoisotopic (exact) mass is 1190 g/mol. The molecule has 7 unspecified atom stereocenters. The van der Waals surface area contributed by atoms with E-state index in [-0.39, 0.29) is 58.2 Å². The first kappa shape index (κ1) is 57.7. The molecular formula is C35H47N15O24P4-4. The standard InChI is InChI=1S/C35H51N15O24P4/c1-12(2)68-22-14(70-32(21(22)53)49-10-42-17-27(49)43-34(37)45-29(17)54)6-65-75(56,57)72-23-15(71-33(24(23)64-4)48-9-41-16-25(36)39-8-40-26(16)48)7-67-77(60,61)74-78(62,63)73-76(58,59)66-5-13-19(51)20(52)31(69-13)50-11-47(3)18-28(50)44-35(38)46-30(18)55/h8-10,12-15,19-24,31-33,51-53H,5-7,11H2,1-4H3,(H,56,57)(H,58,59)(H,60,61)(H,62,63)(H2,36,39,40)(H3,37,43,45,54)(H3,38,44,46,55)/p-4/t13-,14-,15-,19+,20?,21+,22?,23?,24+,31-,32-,33-/m1/s1. The Labute approximate surface area is 435 Å². The van der Waals surface area contributed by atoms with Crippen molar-refractivity contribution in [1.82, 2.24) is 49.0 Å². The lowest BCUT2D eigenvalue weighted by Gasteiger charge is -2.35. The van der Waals surface area contributed by atoms with Gasteiger partial charge in [0, 0.05) is 14.2 Å². The predicted octanol–water partition coefficient (Wildman–Crippen LogP) is -5.54. The second-order valence-electron chi connectivity index (χ2n) is 17.7. The molecule has 0 amide bonds. The van der Waals surface area contributed by atoms with Crippen LogP contribution in [-0.4, -0.2) is 172 Å². The van der Waals surface area contributed by atoms with E-state index < -0.39 is 142 Å². The van der Waals surface area contributed by atoms with Crippen molar-refractivity contribution in [2.75, 3.05) is 67.6 Å². The number of H-pyrrole nitrogens is 2. The lowest BCUT2D eigenvalue weighted by molar-refractivity contribution is -0.252. The third kappa shape index (κ3) is 11.8. The summed E-state index contributed by atoms with van der Waals surface area (Å²) >= 11 is 0. The number of nitrogens with zero attached hydrogens (tertiary/aromatic N) is 10. The summed E-state index contributed by atoms with van der Waals surface area (Å²) in [6.45, 7) is -0.489. The Morgan fingerprint density at radius 1 is 0.692 bits per heavy atom. The number of aromatic nitrogens is 10. The maximum absolute atomic E-state index is 13.8. The van der Waals surface area contributed by atoms with Gasteiger partial charge in [-0.15, -0.1) is 0 Å². The number of phosphoric acid groups is 4. The molecule has 0 spiro atoms. The number of ether oxygens (including phenoxy) is 5. The van der Waals surface area contributed by atoms with Crippen LogP contribution in [0.5, 0.6) is 0 Å². The molecular weight excluding hydrogens is 1140 g/mol. The highest BCUT2D eigenvalue weighted by Gasteiger charge is 2.52. The van der Waals surface area contributed by atoms with E-state index in [4.69, 9.17) is 54.5 Å². The van der Waals surface area contributed by atoms with Crippen LogP contribution in [0.25, 0.3) is 22.3 Å². The highest BCUT2D eigenvalue weighted by atomic mass is 31.3. The number of aromatic amines is 2. The number of phosphoric ester groups is 3. The Bertz CT molecular complexity index is 3370. The lowest BCUT2D eigenvalue weighted by Crippen LogP contribution is -2.45. The van der Waals surface area contributed by atoms with E-state index in [1.54, 1.807) is 13.8 Å². The molecule has 16 atom stereocenters. The van der Waals surface area contributed by atoms with Gasteiger partial charge >= 0.3 is 0 Å². The molecule has 0 aliphatic carbocycles.